The molecule has 0 radical (unpaired) electrons. The number of hydrogen-bond acceptors (Lipinski definition) is 2. The lowest BCUT2D eigenvalue weighted by Crippen LogP contribution is -2.35. The van der Waals surface area contributed by atoms with E-state index in [9.17, 15) is 4.79 Å². The molecule has 14 rings (SSSR count). The zero-order valence-corrected chi connectivity index (χ0v) is 34.0. The van der Waals surface area contributed by atoms with Crippen molar-refractivity contribution in [3.8, 4) is 22.3 Å². The summed E-state index contributed by atoms with van der Waals surface area (Å²) in [5.74, 6) is 0.527. The Morgan fingerprint density at radius 3 is 1.79 bits per heavy atom. The fourth-order valence-corrected chi connectivity index (χ4v) is 14.0. The summed E-state index contributed by atoms with van der Waals surface area (Å²) in [6.45, 7) is 11.6. The largest absolute Gasteiger partial charge is 0.308 e. The van der Waals surface area contributed by atoms with Gasteiger partial charge in [-0.05, 0) is 159 Å². The normalized spacial score (nSPS) is 23.1. The van der Waals surface area contributed by atoms with E-state index < -0.39 is 5.41 Å². The molecule has 58 heavy (non-hydrogen) atoms. The lowest BCUT2D eigenvalue weighted by atomic mass is 9.66. The summed E-state index contributed by atoms with van der Waals surface area (Å²) in [4.78, 5) is 29.9. The van der Waals surface area contributed by atoms with Gasteiger partial charge in [0, 0.05) is 38.1 Å². The van der Waals surface area contributed by atoms with Gasteiger partial charge in [0.2, 0.25) is 0 Å². The van der Waals surface area contributed by atoms with Gasteiger partial charge in [0.15, 0.2) is 11.6 Å². The van der Waals surface area contributed by atoms with Crippen molar-refractivity contribution >= 4 is 49.7 Å². The third kappa shape index (κ3) is 3.48. The highest BCUT2D eigenvalue weighted by Crippen LogP contribution is 2.60. The molecule has 1 spiro atoms. The van der Waals surface area contributed by atoms with E-state index in [0.29, 0.717) is 12.2 Å². The molecule has 6 aliphatic rings. The lowest BCUT2D eigenvalue weighted by Gasteiger charge is -2.36. The maximum Gasteiger partial charge on any atom is 0.178 e. The summed E-state index contributed by atoms with van der Waals surface area (Å²) in [7, 11) is 0. The van der Waals surface area contributed by atoms with E-state index >= 15 is 4.79 Å². The monoisotopic (exact) mass is 751 g/mol. The quantitative estimate of drug-likeness (QED) is 0.155. The first-order valence-electron chi connectivity index (χ1n) is 21.7. The van der Waals surface area contributed by atoms with Crippen molar-refractivity contribution in [2.45, 2.75) is 102 Å². The molecule has 6 aromatic carbocycles. The van der Waals surface area contributed by atoms with Crippen LogP contribution in [-0.4, -0.2) is 16.0 Å². The van der Waals surface area contributed by atoms with Crippen molar-refractivity contribution in [2.75, 3.05) is 0 Å². The maximum absolute atomic E-state index is 15.4. The average Bonchev–Trinajstić information content (AvgIpc) is 3.97. The van der Waals surface area contributed by atoms with Crippen LogP contribution in [0.1, 0.15) is 125 Å². The molecule has 2 bridgehead atoms. The number of aryl methyl sites for hydroxylation is 4. The molecule has 2 unspecified atom stereocenters. The highest BCUT2D eigenvalue weighted by molar-refractivity contribution is 6.29. The minimum atomic E-state index is -0.722. The smallest absolute Gasteiger partial charge is 0.178 e. The molecule has 2 atom stereocenters. The average molecular weight is 752 g/mol. The topological polar surface area (TPSA) is 38.5 Å². The Kier molecular flexibility index (Phi) is 5.49. The Morgan fingerprint density at radius 2 is 1.16 bits per heavy atom. The van der Waals surface area contributed by atoms with Crippen molar-refractivity contribution < 1.29 is 9.59 Å². The molecule has 2 heterocycles. The number of hydrogen-bond donors (Lipinski definition) is 0. The molecule has 2 aromatic heterocycles. The molecular formula is C55H45NO2. The van der Waals surface area contributed by atoms with Crippen LogP contribution in [0.3, 0.4) is 0 Å². The fraction of sp³-hybridized carbons (Fsp3) is 0.309. The summed E-state index contributed by atoms with van der Waals surface area (Å²) in [5.41, 5.74) is 21.8. The first-order valence-corrected chi connectivity index (χ1v) is 21.7. The third-order valence-corrected chi connectivity index (χ3v) is 16.6. The van der Waals surface area contributed by atoms with E-state index in [1.807, 2.05) is 0 Å². The standard InChI is InChI=1S/C55H45NO2/c1-52(2,3)31-20-28-14-16-34-46-35(17-15-29(21-31)45(28)46)48-39-23-42-37(50(57)54(5)19-18-53(42,4)27-54)25-44(39)56-43-24-36-30(22-38(43)47(34)49(48)56)26-55(51(36)58)40-12-8-6-10-32(40)33-11-7-9-13-41(33)55/h6-13,20-25H,14-19,26-27H2,1-5H3. The molecule has 0 amide bonds. The number of carbonyl (C=O) groups excluding carboxylic acids is 2. The van der Waals surface area contributed by atoms with Crippen molar-refractivity contribution in [3.05, 3.63) is 146 Å². The Hall–Kier alpha value is -5.54. The number of rotatable bonds is 0. The minimum absolute atomic E-state index is 0.00451. The van der Waals surface area contributed by atoms with E-state index in [-0.39, 0.29) is 22.0 Å². The first kappa shape index (κ1) is 32.4. The van der Waals surface area contributed by atoms with E-state index in [4.69, 9.17) is 0 Å². The zero-order valence-electron chi connectivity index (χ0n) is 34.0. The molecule has 0 aliphatic heterocycles. The molecule has 6 aliphatic carbocycles. The van der Waals surface area contributed by atoms with Crippen molar-refractivity contribution in [1.29, 1.82) is 0 Å². The van der Waals surface area contributed by atoms with E-state index in [0.717, 1.165) is 83.8 Å². The number of fused-ring (bicyclic) bond motifs is 18. The number of Topliss-reactive ketones (excluding diaryl/α,β-unsaturated/α-hetero) is 2. The molecule has 8 aromatic rings. The van der Waals surface area contributed by atoms with Crippen LogP contribution in [-0.2, 0) is 48.3 Å². The van der Waals surface area contributed by atoms with Crippen molar-refractivity contribution in [3.63, 3.8) is 0 Å². The molecule has 0 N–H and O–H groups in total. The van der Waals surface area contributed by atoms with Crippen LogP contribution in [0.2, 0.25) is 0 Å². The molecule has 1 saturated carbocycles. The van der Waals surface area contributed by atoms with Gasteiger partial charge in [0.1, 0.15) is 0 Å². The SMILES string of the molecule is CC12CCC(C)(C1)c1cc3c4c5c6c(c7c8cc9c(cc8n(c3cc1C2=O)c74)C(=O)C1(C9)c2ccccc2-c2ccccc21)CCc1cc(C(C)(C)C)cc(c1-6)CC5. The first-order chi connectivity index (χ1) is 27.9. The molecule has 0 saturated heterocycles. The van der Waals surface area contributed by atoms with Gasteiger partial charge in [-0.3, -0.25) is 9.59 Å². The second-order valence-electron chi connectivity index (χ2n) is 20.8. The Morgan fingerprint density at radius 1 is 0.569 bits per heavy atom. The van der Waals surface area contributed by atoms with Gasteiger partial charge in [-0.1, -0.05) is 95.3 Å². The van der Waals surface area contributed by atoms with E-state index in [2.05, 4.69) is 124 Å². The molecule has 3 nitrogen and oxygen atoms in total. The molecule has 1 fully saturated rings. The minimum Gasteiger partial charge on any atom is -0.308 e. The van der Waals surface area contributed by atoms with Gasteiger partial charge >= 0.3 is 0 Å². The Labute approximate surface area is 338 Å². The van der Waals surface area contributed by atoms with Gasteiger partial charge in [0.25, 0.3) is 0 Å². The summed E-state index contributed by atoms with van der Waals surface area (Å²) >= 11 is 0. The lowest BCUT2D eigenvalue weighted by molar-refractivity contribution is 0.0797. The molecule has 282 valence electrons. The highest BCUT2D eigenvalue weighted by Gasteiger charge is 2.55. The number of aromatic nitrogens is 1. The van der Waals surface area contributed by atoms with Crippen LogP contribution in [0.25, 0.3) is 60.3 Å². The summed E-state index contributed by atoms with van der Waals surface area (Å²) in [6.07, 6.45) is 7.69. The second-order valence-corrected chi connectivity index (χ2v) is 20.8. The summed E-state index contributed by atoms with van der Waals surface area (Å²) in [5, 5.41) is 5.29. The van der Waals surface area contributed by atoms with Crippen LogP contribution >= 0.6 is 0 Å². The van der Waals surface area contributed by atoms with E-state index in [1.165, 1.54) is 82.7 Å². The number of nitrogens with zero attached hydrogens (tertiary/aromatic N) is 1. The third-order valence-electron chi connectivity index (χ3n) is 16.6. The Bertz CT molecular complexity index is 3280. The van der Waals surface area contributed by atoms with E-state index in [1.54, 1.807) is 0 Å². The van der Waals surface area contributed by atoms with Crippen LogP contribution < -0.4 is 0 Å². The molecule has 3 heteroatoms. The van der Waals surface area contributed by atoms with Gasteiger partial charge in [0.05, 0.1) is 22.0 Å². The van der Waals surface area contributed by atoms with Gasteiger partial charge < -0.3 is 4.40 Å². The second kappa shape index (κ2) is 9.83. The number of carbonyl (C=O) groups is 2. The number of ketones is 2. The van der Waals surface area contributed by atoms with Crippen LogP contribution in [0.4, 0.5) is 0 Å². The van der Waals surface area contributed by atoms with Gasteiger partial charge in [-0.25, -0.2) is 0 Å². The van der Waals surface area contributed by atoms with Crippen LogP contribution in [0, 0.1) is 5.41 Å². The van der Waals surface area contributed by atoms with Crippen molar-refractivity contribution in [1.82, 2.24) is 4.40 Å². The summed E-state index contributed by atoms with van der Waals surface area (Å²) < 4.78 is 2.50. The van der Waals surface area contributed by atoms with Crippen LogP contribution in [0.15, 0.2) is 84.9 Å². The Balaban J connectivity index is 1.12. The zero-order chi connectivity index (χ0) is 39.0. The van der Waals surface area contributed by atoms with Gasteiger partial charge in [-0.2, -0.15) is 0 Å². The van der Waals surface area contributed by atoms with Gasteiger partial charge in [-0.15, -0.1) is 0 Å². The summed E-state index contributed by atoms with van der Waals surface area (Å²) in [6, 6.07) is 31.6. The predicted molar refractivity (Wildman–Crippen MR) is 234 cm³/mol. The van der Waals surface area contributed by atoms with Crippen LogP contribution in [0.5, 0.6) is 0 Å². The number of benzene rings is 6. The predicted octanol–water partition coefficient (Wildman–Crippen LogP) is 12.3. The molecular weight excluding hydrogens is 707 g/mol. The fourth-order valence-electron chi connectivity index (χ4n) is 14.0. The van der Waals surface area contributed by atoms with Crippen molar-refractivity contribution in [2.24, 2.45) is 5.41 Å². The maximum atomic E-state index is 15.4. The highest BCUT2D eigenvalue weighted by atomic mass is 16.1.